The van der Waals surface area contributed by atoms with Gasteiger partial charge in [0, 0.05) is 23.2 Å². The van der Waals surface area contributed by atoms with Crippen LogP contribution >= 0.6 is 11.6 Å². The highest BCUT2D eigenvalue weighted by molar-refractivity contribution is 6.30. The van der Waals surface area contributed by atoms with Gasteiger partial charge in [-0.15, -0.1) is 0 Å². The zero-order chi connectivity index (χ0) is 13.4. The lowest BCUT2D eigenvalue weighted by Gasteiger charge is -2.16. The van der Waals surface area contributed by atoms with Crippen LogP contribution < -0.4 is 10.1 Å². The summed E-state index contributed by atoms with van der Waals surface area (Å²) in [5.74, 6) is 0.863. The third kappa shape index (κ3) is 4.84. The summed E-state index contributed by atoms with van der Waals surface area (Å²) in [5, 5.41) is 13.1. The second kappa shape index (κ2) is 8.35. The highest BCUT2D eigenvalue weighted by atomic mass is 35.5. The summed E-state index contributed by atoms with van der Waals surface area (Å²) in [4.78, 5) is 0. The van der Waals surface area contributed by atoms with E-state index in [1.54, 1.807) is 0 Å². The highest BCUT2D eigenvalue weighted by Crippen LogP contribution is 2.23. The number of halogens is 1. The smallest absolute Gasteiger partial charge is 0.123 e. The predicted molar refractivity (Wildman–Crippen MR) is 75.2 cm³/mol. The Kier molecular flexibility index (Phi) is 7.09. The van der Waals surface area contributed by atoms with Gasteiger partial charge in [-0.3, -0.25) is 0 Å². The predicted octanol–water partition coefficient (Wildman–Crippen LogP) is 2.99. The van der Waals surface area contributed by atoms with Crippen LogP contribution in [0.5, 0.6) is 5.75 Å². The molecule has 1 rings (SSSR count). The van der Waals surface area contributed by atoms with Crippen LogP contribution in [0.1, 0.15) is 32.3 Å². The third-order valence-electron chi connectivity index (χ3n) is 2.78. The molecule has 0 aliphatic rings. The molecule has 1 aromatic carbocycles. The number of aliphatic hydroxyl groups is 1. The Morgan fingerprint density at radius 2 is 2.17 bits per heavy atom. The van der Waals surface area contributed by atoms with Gasteiger partial charge in [0.1, 0.15) is 5.75 Å². The van der Waals surface area contributed by atoms with Crippen LogP contribution in [-0.4, -0.2) is 24.4 Å². The first-order chi connectivity index (χ1) is 8.71. The number of hydrogen-bond acceptors (Lipinski definition) is 3. The van der Waals surface area contributed by atoms with Crippen LogP contribution in [0.2, 0.25) is 5.02 Å². The number of hydrogen-bond donors (Lipinski definition) is 2. The highest BCUT2D eigenvalue weighted by Gasteiger charge is 2.08. The summed E-state index contributed by atoms with van der Waals surface area (Å²) in [6, 6.07) is 5.75. The van der Waals surface area contributed by atoms with E-state index in [-0.39, 0.29) is 12.6 Å². The summed E-state index contributed by atoms with van der Waals surface area (Å²) in [6.45, 7) is 5.61. The largest absolute Gasteiger partial charge is 0.493 e. The van der Waals surface area contributed by atoms with Gasteiger partial charge in [-0.25, -0.2) is 0 Å². The number of benzene rings is 1. The van der Waals surface area contributed by atoms with Gasteiger partial charge in [0.25, 0.3) is 0 Å². The van der Waals surface area contributed by atoms with Crippen LogP contribution in [-0.2, 0) is 6.54 Å². The minimum Gasteiger partial charge on any atom is -0.493 e. The molecule has 0 heterocycles. The fraction of sp³-hybridized carbons (Fsp3) is 0.571. The monoisotopic (exact) mass is 271 g/mol. The molecule has 0 bridgehead atoms. The molecule has 1 aromatic rings. The Balaban J connectivity index is 2.68. The number of ether oxygens (including phenoxy) is 1. The zero-order valence-corrected chi connectivity index (χ0v) is 11.8. The Morgan fingerprint density at radius 1 is 1.39 bits per heavy atom. The first-order valence-electron chi connectivity index (χ1n) is 6.46. The van der Waals surface area contributed by atoms with E-state index in [1.165, 1.54) is 0 Å². The van der Waals surface area contributed by atoms with E-state index < -0.39 is 0 Å². The van der Waals surface area contributed by atoms with E-state index in [9.17, 15) is 0 Å². The average Bonchev–Trinajstić information content (AvgIpc) is 2.39. The van der Waals surface area contributed by atoms with Crippen molar-refractivity contribution in [2.24, 2.45) is 0 Å². The first kappa shape index (κ1) is 15.3. The van der Waals surface area contributed by atoms with Gasteiger partial charge >= 0.3 is 0 Å². The Bertz CT molecular complexity index is 354. The van der Waals surface area contributed by atoms with Crippen molar-refractivity contribution < 1.29 is 9.84 Å². The van der Waals surface area contributed by atoms with Crippen molar-refractivity contribution in [3.8, 4) is 5.75 Å². The van der Waals surface area contributed by atoms with Gasteiger partial charge in [-0.2, -0.15) is 0 Å². The standard InChI is InChI=1S/C14H22ClNO2/c1-3-7-18-14-6-5-12(15)8-11(14)9-16-13(4-2)10-17/h5-6,8,13,16-17H,3-4,7,9-10H2,1-2H3/t13-/m0/s1. The molecular formula is C14H22ClNO2. The lowest BCUT2D eigenvalue weighted by molar-refractivity contribution is 0.237. The molecule has 0 aliphatic carbocycles. The Morgan fingerprint density at radius 3 is 2.78 bits per heavy atom. The number of rotatable bonds is 8. The summed E-state index contributed by atoms with van der Waals surface area (Å²) >= 11 is 6.00. The maximum absolute atomic E-state index is 9.15. The summed E-state index contributed by atoms with van der Waals surface area (Å²) in [5.41, 5.74) is 1.03. The van der Waals surface area contributed by atoms with E-state index >= 15 is 0 Å². The molecule has 2 N–H and O–H groups in total. The molecule has 4 heteroatoms. The quantitative estimate of drug-likeness (QED) is 0.764. The molecule has 18 heavy (non-hydrogen) atoms. The minimum absolute atomic E-state index is 0.114. The second-order valence-electron chi connectivity index (χ2n) is 4.27. The van der Waals surface area contributed by atoms with E-state index in [0.29, 0.717) is 18.2 Å². The van der Waals surface area contributed by atoms with Crippen molar-refractivity contribution in [1.29, 1.82) is 0 Å². The molecule has 0 saturated heterocycles. The van der Waals surface area contributed by atoms with Gasteiger partial charge in [0.2, 0.25) is 0 Å². The minimum atomic E-state index is 0.114. The Labute approximate surface area is 114 Å². The lowest BCUT2D eigenvalue weighted by Crippen LogP contribution is -2.31. The number of aliphatic hydroxyl groups excluding tert-OH is 1. The molecule has 0 aliphatic heterocycles. The summed E-state index contributed by atoms with van der Waals surface area (Å²) < 4.78 is 5.68. The lowest BCUT2D eigenvalue weighted by atomic mass is 10.1. The van der Waals surface area contributed by atoms with Gasteiger partial charge < -0.3 is 15.2 Å². The molecule has 0 spiro atoms. The summed E-state index contributed by atoms with van der Waals surface area (Å²) in [7, 11) is 0. The molecule has 1 atom stereocenters. The maximum atomic E-state index is 9.15. The average molecular weight is 272 g/mol. The van der Waals surface area contributed by atoms with E-state index in [1.807, 2.05) is 25.1 Å². The van der Waals surface area contributed by atoms with Crippen LogP contribution in [0.3, 0.4) is 0 Å². The molecular weight excluding hydrogens is 250 g/mol. The normalized spacial score (nSPS) is 12.4. The molecule has 0 unspecified atom stereocenters. The first-order valence-corrected chi connectivity index (χ1v) is 6.84. The third-order valence-corrected chi connectivity index (χ3v) is 3.01. The van der Waals surface area contributed by atoms with Crippen molar-refractivity contribution in [2.45, 2.75) is 39.3 Å². The SMILES string of the molecule is CCCOc1ccc(Cl)cc1CN[C@@H](CC)CO. The summed E-state index contributed by atoms with van der Waals surface area (Å²) in [6.07, 6.45) is 1.87. The molecule has 0 radical (unpaired) electrons. The maximum Gasteiger partial charge on any atom is 0.123 e. The van der Waals surface area contributed by atoms with Gasteiger partial charge in [-0.1, -0.05) is 25.4 Å². The second-order valence-corrected chi connectivity index (χ2v) is 4.71. The van der Waals surface area contributed by atoms with Crippen molar-refractivity contribution in [1.82, 2.24) is 5.32 Å². The van der Waals surface area contributed by atoms with E-state index in [0.717, 1.165) is 24.2 Å². The van der Waals surface area contributed by atoms with Crippen molar-refractivity contribution >= 4 is 11.6 Å². The fourth-order valence-electron chi connectivity index (χ4n) is 1.63. The van der Waals surface area contributed by atoms with Crippen molar-refractivity contribution in [2.75, 3.05) is 13.2 Å². The fourth-order valence-corrected chi connectivity index (χ4v) is 1.83. The van der Waals surface area contributed by atoms with E-state index in [2.05, 4.69) is 12.2 Å². The van der Waals surface area contributed by atoms with E-state index in [4.69, 9.17) is 21.4 Å². The Hall–Kier alpha value is -0.770. The van der Waals surface area contributed by atoms with Crippen LogP contribution in [0.4, 0.5) is 0 Å². The molecule has 0 saturated carbocycles. The van der Waals surface area contributed by atoms with Crippen LogP contribution in [0.25, 0.3) is 0 Å². The van der Waals surface area contributed by atoms with Gasteiger partial charge in [0.05, 0.1) is 13.2 Å². The molecule has 0 aromatic heterocycles. The zero-order valence-electron chi connectivity index (χ0n) is 11.1. The van der Waals surface area contributed by atoms with Crippen molar-refractivity contribution in [3.05, 3.63) is 28.8 Å². The molecule has 0 fully saturated rings. The van der Waals surface area contributed by atoms with Crippen LogP contribution in [0.15, 0.2) is 18.2 Å². The van der Waals surface area contributed by atoms with Crippen LogP contribution in [0, 0.1) is 0 Å². The van der Waals surface area contributed by atoms with Gasteiger partial charge in [-0.05, 0) is 31.0 Å². The van der Waals surface area contributed by atoms with Crippen molar-refractivity contribution in [3.63, 3.8) is 0 Å². The molecule has 0 amide bonds. The number of nitrogens with one attached hydrogen (secondary N) is 1. The molecule has 3 nitrogen and oxygen atoms in total. The van der Waals surface area contributed by atoms with Gasteiger partial charge in [0.15, 0.2) is 0 Å². The topological polar surface area (TPSA) is 41.5 Å². The molecule has 102 valence electrons.